The predicted molar refractivity (Wildman–Crippen MR) is 117 cm³/mol. The Morgan fingerprint density at radius 1 is 1.13 bits per heavy atom. The van der Waals surface area contributed by atoms with E-state index >= 15 is 0 Å². The van der Waals surface area contributed by atoms with Crippen LogP contribution in [-0.2, 0) is 13.0 Å². The smallest absolute Gasteiger partial charge is 0.293 e. The van der Waals surface area contributed by atoms with E-state index in [1.165, 1.54) is 17.2 Å². The van der Waals surface area contributed by atoms with Crippen LogP contribution in [0, 0.1) is 10.1 Å². The Labute approximate surface area is 180 Å². The van der Waals surface area contributed by atoms with Crippen molar-refractivity contribution in [3.8, 4) is 5.75 Å². The molecule has 0 unspecified atom stereocenters. The average molecular weight is 422 g/mol. The van der Waals surface area contributed by atoms with Gasteiger partial charge in [-0.05, 0) is 42.2 Å². The van der Waals surface area contributed by atoms with Gasteiger partial charge in [-0.25, -0.2) is 0 Å². The number of ether oxygens (including phenoxy) is 1. The topological polar surface area (TPSA) is 87.9 Å². The zero-order valence-corrected chi connectivity index (χ0v) is 17.4. The minimum atomic E-state index is -0.416. The molecule has 1 amide bonds. The van der Waals surface area contributed by atoms with E-state index in [2.05, 4.69) is 22.3 Å². The largest absolute Gasteiger partial charge is 0.493 e. The summed E-state index contributed by atoms with van der Waals surface area (Å²) in [5.41, 5.74) is 3.37. The third kappa shape index (κ3) is 4.34. The van der Waals surface area contributed by atoms with Crippen LogP contribution in [0.3, 0.4) is 0 Å². The molecule has 0 aromatic heterocycles. The van der Waals surface area contributed by atoms with E-state index in [0.717, 1.165) is 51.3 Å². The van der Waals surface area contributed by atoms with Crippen LogP contribution in [0.5, 0.6) is 5.75 Å². The van der Waals surface area contributed by atoms with E-state index < -0.39 is 4.92 Å². The number of amides is 1. The van der Waals surface area contributed by atoms with Crippen LogP contribution in [0.15, 0.2) is 36.4 Å². The van der Waals surface area contributed by atoms with E-state index in [9.17, 15) is 14.9 Å². The van der Waals surface area contributed by atoms with Gasteiger partial charge in [-0.1, -0.05) is 12.1 Å². The van der Waals surface area contributed by atoms with E-state index in [-0.39, 0.29) is 11.6 Å². The summed E-state index contributed by atoms with van der Waals surface area (Å²) < 4.78 is 5.57. The van der Waals surface area contributed by atoms with Crippen LogP contribution in [0.2, 0.25) is 0 Å². The number of hydrogen-bond acceptors (Lipinski definition) is 6. The first-order chi connectivity index (χ1) is 15.1. The first-order valence-corrected chi connectivity index (χ1v) is 10.9. The van der Waals surface area contributed by atoms with Crippen molar-refractivity contribution >= 4 is 17.3 Å². The van der Waals surface area contributed by atoms with E-state index in [1.807, 2.05) is 6.07 Å². The Hall–Kier alpha value is -3.13. The molecule has 1 aliphatic carbocycles. The molecule has 8 heteroatoms. The Bertz CT molecular complexity index is 1010. The molecular formula is C23H26N4O4. The number of nitrogens with one attached hydrogen (secondary N) is 1. The van der Waals surface area contributed by atoms with Gasteiger partial charge in [0.25, 0.3) is 11.6 Å². The average Bonchev–Trinajstić information content (AvgIpc) is 3.47. The maximum atomic E-state index is 13.0. The number of nitro groups is 1. The lowest BCUT2D eigenvalue weighted by Crippen LogP contribution is -2.48. The van der Waals surface area contributed by atoms with Crippen molar-refractivity contribution in [3.05, 3.63) is 63.2 Å². The van der Waals surface area contributed by atoms with Gasteiger partial charge in [0.15, 0.2) is 0 Å². The number of nitrogens with zero attached hydrogens (tertiary/aromatic N) is 3. The second kappa shape index (κ2) is 8.19. The van der Waals surface area contributed by atoms with Crippen LogP contribution >= 0.6 is 0 Å². The summed E-state index contributed by atoms with van der Waals surface area (Å²) in [7, 11) is 0. The van der Waals surface area contributed by atoms with Crippen molar-refractivity contribution in [1.82, 2.24) is 9.80 Å². The molecule has 0 atom stereocenters. The fourth-order valence-electron chi connectivity index (χ4n) is 4.27. The molecule has 2 aromatic carbocycles. The van der Waals surface area contributed by atoms with Gasteiger partial charge in [-0.15, -0.1) is 0 Å². The van der Waals surface area contributed by atoms with Crippen molar-refractivity contribution in [2.24, 2.45) is 0 Å². The number of carbonyl (C=O) groups excluding carboxylic acids is 1. The molecule has 0 radical (unpaired) electrons. The molecule has 1 saturated heterocycles. The number of anilines is 1. The summed E-state index contributed by atoms with van der Waals surface area (Å²) in [6.45, 7) is 4.40. The summed E-state index contributed by atoms with van der Waals surface area (Å²) >= 11 is 0. The van der Waals surface area contributed by atoms with Gasteiger partial charge < -0.3 is 15.0 Å². The van der Waals surface area contributed by atoms with Crippen LogP contribution in [-0.4, -0.2) is 59.5 Å². The zero-order chi connectivity index (χ0) is 21.4. The molecular weight excluding hydrogens is 396 g/mol. The quantitative estimate of drug-likeness (QED) is 0.569. The highest BCUT2D eigenvalue weighted by atomic mass is 16.6. The molecule has 2 heterocycles. The molecule has 5 rings (SSSR count). The highest BCUT2D eigenvalue weighted by molar-refractivity contribution is 5.95. The number of fused-ring (bicyclic) bond motifs is 1. The number of piperazine rings is 1. The van der Waals surface area contributed by atoms with Crippen LogP contribution in [0.1, 0.15) is 34.3 Å². The lowest BCUT2D eigenvalue weighted by molar-refractivity contribution is -0.384. The molecule has 0 spiro atoms. The molecule has 162 valence electrons. The Morgan fingerprint density at radius 3 is 2.68 bits per heavy atom. The van der Waals surface area contributed by atoms with Crippen LogP contribution in [0.25, 0.3) is 0 Å². The Balaban J connectivity index is 1.20. The molecule has 2 fully saturated rings. The van der Waals surface area contributed by atoms with Gasteiger partial charge >= 0.3 is 0 Å². The Morgan fingerprint density at radius 2 is 1.94 bits per heavy atom. The van der Waals surface area contributed by atoms with E-state index in [1.54, 1.807) is 17.0 Å². The van der Waals surface area contributed by atoms with Gasteiger partial charge in [0.05, 0.1) is 11.5 Å². The molecule has 8 nitrogen and oxygen atoms in total. The minimum absolute atomic E-state index is 0.0306. The highest BCUT2D eigenvalue weighted by Crippen LogP contribution is 2.32. The summed E-state index contributed by atoms with van der Waals surface area (Å²) in [6, 6.07) is 11.5. The number of carbonyl (C=O) groups is 1. The third-order valence-electron chi connectivity index (χ3n) is 6.20. The van der Waals surface area contributed by atoms with Crippen molar-refractivity contribution in [1.29, 1.82) is 0 Å². The summed E-state index contributed by atoms with van der Waals surface area (Å²) in [5, 5.41) is 14.7. The number of hydrogen-bond donors (Lipinski definition) is 1. The van der Waals surface area contributed by atoms with Crippen molar-refractivity contribution < 1.29 is 14.5 Å². The molecule has 2 aliphatic heterocycles. The van der Waals surface area contributed by atoms with Crippen LogP contribution in [0.4, 0.5) is 11.4 Å². The number of benzene rings is 2. The van der Waals surface area contributed by atoms with E-state index in [0.29, 0.717) is 30.4 Å². The normalized spacial score (nSPS) is 18.4. The fourth-order valence-corrected chi connectivity index (χ4v) is 4.27. The maximum absolute atomic E-state index is 13.0. The second-order valence-electron chi connectivity index (χ2n) is 8.52. The first kappa shape index (κ1) is 19.8. The lowest BCUT2D eigenvalue weighted by Gasteiger charge is -2.34. The molecule has 31 heavy (non-hydrogen) atoms. The molecule has 1 N–H and O–H groups in total. The predicted octanol–water partition coefficient (Wildman–Crippen LogP) is 3.06. The molecule has 2 aromatic rings. The van der Waals surface area contributed by atoms with Gasteiger partial charge in [-0.2, -0.15) is 0 Å². The molecule has 3 aliphatic rings. The molecule has 0 bridgehead atoms. The number of nitro benzene ring substituents is 1. The van der Waals surface area contributed by atoms with Gasteiger partial charge in [0.2, 0.25) is 0 Å². The standard InChI is InChI=1S/C23H26N4O4/c28-23(18-2-5-20(24-19-3-4-19)21(14-18)27(29)30)26-10-8-25(9-11-26)15-16-1-6-22-17(13-16)7-12-31-22/h1-2,5-6,13-14,19,24H,3-4,7-12,15H2. The fraction of sp³-hybridized carbons (Fsp3) is 0.435. The number of rotatable bonds is 6. The van der Waals surface area contributed by atoms with Gasteiger partial charge in [0, 0.05) is 56.8 Å². The zero-order valence-electron chi connectivity index (χ0n) is 17.4. The van der Waals surface area contributed by atoms with Crippen molar-refractivity contribution in [3.63, 3.8) is 0 Å². The summed E-state index contributed by atoms with van der Waals surface area (Å²) in [6.07, 6.45) is 3.02. The van der Waals surface area contributed by atoms with Gasteiger partial charge in [0.1, 0.15) is 11.4 Å². The van der Waals surface area contributed by atoms with Gasteiger partial charge in [-0.3, -0.25) is 19.8 Å². The van der Waals surface area contributed by atoms with Crippen molar-refractivity contribution in [2.75, 3.05) is 38.1 Å². The minimum Gasteiger partial charge on any atom is -0.493 e. The van der Waals surface area contributed by atoms with Crippen LogP contribution < -0.4 is 10.1 Å². The SMILES string of the molecule is O=C(c1ccc(NC2CC2)c([N+](=O)[O-])c1)N1CCN(Cc2ccc3c(c2)CCO3)CC1. The first-order valence-electron chi connectivity index (χ1n) is 10.9. The molecule has 1 saturated carbocycles. The summed E-state index contributed by atoms with van der Waals surface area (Å²) in [5.74, 6) is 0.849. The monoisotopic (exact) mass is 422 g/mol. The second-order valence-corrected chi connectivity index (χ2v) is 8.52. The maximum Gasteiger partial charge on any atom is 0.293 e. The lowest BCUT2D eigenvalue weighted by atomic mass is 10.1. The summed E-state index contributed by atoms with van der Waals surface area (Å²) in [4.78, 5) is 28.2. The Kier molecular flexibility index (Phi) is 5.23. The third-order valence-corrected chi connectivity index (χ3v) is 6.20. The van der Waals surface area contributed by atoms with Crippen molar-refractivity contribution in [2.45, 2.75) is 31.8 Å². The highest BCUT2D eigenvalue weighted by Gasteiger charge is 2.27. The van der Waals surface area contributed by atoms with E-state index in [4.69, 9.17) is 4.74 Å².